The number of carbonyl (C=O) groups excluding carboxylic acids is 1. The van der Waals surface area contributed by atoms with Crippen LogP contribution in [0.3, 0.4) is 0 Å². The maximum absolute atomic E-state index is 10.5. The van der Waals surface area contributed by atoms with Crippen LogP contribution in [0.25, 0.3) is 0 Å². The number of carboxylic acids is 1. The molecule has 0 bridgehead atoms. The van der Waals surface area contributed by atoms with E-state index in [2.05, 4.69) is 23.5 Å². The fourth-order valence-electron chi connectivity index (χ4n) is 0.414. The van der Waals surface area contributed by atoms with Crippen molar-refractivity contribution in [1.29, 1.82) is 0 Å². The molecule has 4 nitrogen and oxygen atoms in total. The number of esters is 1. The van der Waals surface area contributed by atoms with E-state index in [0.717, 1.165) is 6.08 Å². The minimum Gasteiger partial charge on any atom is -0.481 e. The van der Waals surface area contributed by atoms with Gasteiger partial charge in [0.25, 0.3) is 0 Å². The number of hydrogen-bond acceptors (Lipinski definition) is 4. The summed E-state index contributed by atoms with van der Waals surface area (Å²) >= 11 is 4.56. The fraction of sp³-hybridized carbons (Fsp3) is 0.286. The number of ether oxygens (including phenoxy) is 1. The second-order valence-corrected chi connectivity index (χ2v) is 2.35. The van der Waals surface area contributed by atoms with E-state index >= 15 is 0 Å². The van der Waals surface area contributed by atoms with E-state index in [1.54, 1.807) is 0 Å². The monoisotopic (exact) mass is 188 g/mol. The third kappa shape index (κ3) is 5.55. The largest absolute Gasteiger partial charge is 0.481 e. The first-order valence-electron chi connectivity index (χ1n) is 3.15. The summed E-state index contributed by atoms with van der Waals surface area (Å²) in [5.41, 5.74) is 0. The van der Waals surface area contributed by atoms with Crippen molar-refractivity contribution in [3.05, 3.63) is 12.7 Å². The third-order valence-corrected chi connectivity index (χ3v) is 1.21. The normalized spacial score (nSPS) is 8.67. The fourth-order valence-corrected chi connectivity index (χ4v) is 0.598. The number of carbonyl (C=O) groups is 2. The van der Waals surface area contributed by atoms with Gasteiger partial charge in [-0.3, -0.25) is 4.79 Å². The molecule has 0 spiro atoms. The third-order valence-electron chi connectivity index (χ3n) is 0.924. The van der Waals surface area contributed by atoms with Crippen LogP contribution in [0.2, 0.25) is 0 Å². The van der Waals surface area contributed by atoms with Gasteiger partial charge in [-0.1, -0.05) is 6.58 Å². The quantitative estimate of drug-likeness (QED) is 0.403. The number of thiocarbonyl (C=S) groups is 1. The molecule has 0 amide bonds. The van der Waals surface area contributed by atoms with Gasteiger partial charge < -0.3 is 9.84 Å². The molecule has 0 aromatic heterocycles. The van der Waals surface area contributed by atoms with Crippen molar-refractivity contribution in [1.82, 2.24) is 0 Å². The van der Waals surface area contributed by atoms with Crippen LogP contribution in [-0.2, 0) is 14.3 Å². The molecular formula is C7H8O4S. The summed E-state index contributed by atoms with van der Waals surface area (Å²) in [7, 11) is 0. The maximum Gasteiger partial charge on any atom is 0.336 e. The Labute approximate surface area is 74.8 Å². The van der Waals surface area contributed by atoms with Crippen molar-refractivity contribution in [3.8, 4) is 0 Å². The van der Waals surface area contributed by atoms with Gasteiger partial charge in [-0.15, -0.1) is 0 Å². The van der Waals surface area contributed by atoms with Gasteiger partial charge in [-0.2, -0.15) is 0 Å². The highest BCUT2D eigenvalue weighted by Crippen LogP contribution is 1.96. The molecule has 0 atom stereocenters. The zero-order valence-corrected chi connectivity index (χ0v) is 7.10. The Morgan fingerprint density at radius 1 is 1.50 bits per heavy atom. The zero-order valence-electron chi connectivity index (χ0n) is 6.28. The van der Waals surface area contributed by atoms with E-state index in [1.807, 2.05) is 0 Å². The van der Waals surface area contributed by atoms with Gasteiger partial charge in [0.2, 0.25) is 0 Å². The van der Waals surface area contributed by atoms with E-state index in [4.69, 9.17) is 5.11 Å². The van der Waals surface area contributed by atoms with Crippen LogP contribution in [0, 0.1) is 0 Å². The van der Waals surface area contributed by atoms with Crippen molar-refractivity contribution < 1.29 is 19.4 Å². The molecule has 0 aromatic carbocycles. The Morgan fingerprint density at radius 3 is 2.50 bits per heavy atom. The van der Waals surface area contributed by atoms with Crippen LogP contribution in [0.15, 0.2) is 12.7 Å². The molecule has 0 aliphatic carbocycles. The van der Waals surface area contributed by atoms with Gasteiger partial charge in [0.15, 0.2) is 5.05 Å². The Balaban J connectivity index is 3.67. The average molecular weight is 188 g/mol. The molecule has 1 N–H and O–H groups in total. The summed E-state index contributed by atoms with van der Waals surface area (Å²) in [6.07, 6.45) is 0.889. The molecule has 0 radical (unpaired) electrons. The summed E-state index contributed by atoms with van der Waals surface area (Å²) in [5.74, 6) is -1.64. The van der Waals surface area contributed by atoms with Crippen molar-refractivity contribution in [2.75, 3.05) is 0 Å². The molecule has 0 heterocycles. The second-order valence-electron chi connectivity index (χ2n) is 1.89. The first-order chi connectivity index (χ1) is 5.56. The van der Waals surface area contributed by atoms with Crippen LogP contribution in [0.5, 0.6) is 0 Å². The number of carboxylic acid groups (broad SMARTS) is 1. The lowest BCUT2D eigenvalue weighted by Crippen LogP contribution is -2.09. The van der Waals surface area contributed by atoms with E-state index in [-0.39, 0.29) is 17.9 Å². The molecule has 0 saturated heterocycles. The van der Waals surface area contributed by atoms with Gasteiger partial charge >= 0.3 is 11.9 Å². The molecule has 0 fully saturated rings. The van der Waals surface area contributed by atoms with Crippen molar-refractivity contribution in [2.45, 2.75) is 12.8 Å². The van der Waals surface area contributed by atoms with E-state index in [1.165, 1.54) is 0 Å². The van der Waals surface area contributed by atoms with E-state index < -0.39 is 11.9 Å². The predicted octanol–water partition coefficient (Wildman–Crippen LogP) is 0.908. The van der Waals surface area contributed by atoms with Crippen molar-refractivity contribution in [3.63, 3.8) is 0 Å². The summed E-state index contributed by atoms with van der Waals surface area (Å²) in [6, 6.07) is 0. The van der Waals surface area contributed by atoms with Gasteiger partial charge in [0.05, 0.1) is 6.42 Å². The van der Waals surface area contributed by atoms with Gasteiger partial charge in [-0.05, 0) is 12.2 Å². The average Bonchev–Trinajstić information content (AvgIpc) is 2.00. The molecule has 0 saturated carbocycles. The summed E-state index contributed by atoms with van der Waals surface area (Å²) in [4.78, 5) is 20.5. The predicted molar refractivity (Wildman–Crippen MR) is 45.8 cm³/mol. The highest BCUT2D eigenvalue weighted by molar-refractivity contribution is 7.80. The molecule has 0 aliphatic heterocycles. The lowest BCUT2D eigenvalue weighted by atomic mass is 10.3. The van der Waals surface area contributed by atoms with Crippen LogP contribution in [-0.4, -0.2) is 22.1 Å². The van der Waals surface area contributed by atoms with Gasteiger partial charge in [0.1, 0.15) is 0 Å². The molecule has 12 heavy (non-hydrogen) atoms. The molecular weight excluding hydrogens is 180 g/mol. The highest BCUT2D eigenvalue weighted by Gasteiger charge is 2.05. The molecule has 5 heteroatoms. The van der Waals surface area contributed by atoms with Crippen molar-refractivity contribution >= 4 is 29.2 Å². The Bertz CT molecular complexity index is 221. The second kappa shape index (κ2) is 5.42. The maximum atomic E-state index is 10.5. The Morgan fingerprint density at radius 2 is 2.08 bits per heavy atom. The highest BCUT2D eigenvalue weighted by atomic mass is 32.1. The first-order valence-corrected chi connectivity index (χ1v) is 3.56. The first kappa shape index (κ1) is 10.8. The van der Waals surface area contributed by atoms with Crippen LogP contribution >= 0.6 is 12.2 Å². The van der Waals surface area contributed by atoms with E-state index in [9.17, 15) is 9.59 Å². The Kier molecular flexibility index (Phi) is 4.87. The van der Waals surface area contributed by atoms with Crippen LogP contribution in [0.1, 0.15) is 12.8 Å². The van der Waals surface area contributed by atoms with Gasteiger partial charge in [-0.25, -0.2) is 4.79 Å². The molecule has 66 valence electrons. The summed E-state index contributed by atoms with van der Waals surface area (Å²) in [5, 5.41) is 8.21. The smallest absolute Gasteiger partial charge is 0.336 e. The summed E-state index contributed by atoms with van der Waals surface area (Å²) < 4.78 is 4.46. The topological polar surface area (TPSA) is 63.6 Å². The number of hydrogen-bond donors (Lipinski definition) is 1. The lowest BCUT2D eigenvalue weighted by Gasteiger charge is -1.99. The number of aliphatic carboxylic acids is 1. The SMILES string of the molecule is C=CC(=O)OC(=S)CCC(=O)O. The zero-order chi connectivity index (χ0) is 9.56. The van der Waals surface area contributed by atoms with Crippen LogP contribution in [0.4, 0.5) is 0 Å². The molecule has 0 unspecified atom stereocenters. The van der Waals surface area contributed by atoms with Crippen molar-refractivity contribution in [2.24, 2.45) is 0 Å². The molecule has 0 aromatic rings. The number of rotatable bonds is 4. The minimum absolute atomic E-state index is 0.0256. The van der Waals surface area contributed by atoms with Crippen LogP contribution < -0.4 is 0 Å². The Hall–Kier alpha value is -1.23. The van der Waals surface area contributed by atoms with E-state index in [0.29, 0.717) is 0 Å². The standard InChI is InChI=1S/C7H8O4S/c1-2-6(10)11-7(12)4-3-5(8)9/h2H,1,3-4H2,(H,8,9). The summed E-state index contributed by atoms with van der Waals surface area (Å²) in [6.45, 7) is 3.16. The minimum atomic E-state index is -0.980. The lowest BCUT2D eigenvalue weighted by molar-refractivity contribution is -0.137. The molecule has 0 rings (SSSR count). The molecule has 0 aliphatic rings. The van der Waals surface area contributed by atoms with Gasteiger partial charge in [0, 0.05) is 12.5 Å².